The molecular formula is C19H16O3S. The standard InChI is InChI=1S/C19H16O3S/c1-21-18-12-14(23-2)10-11-16(18)19(20)22-17-9-5-7-13-6-3-4-8-15(13)17/h3-12H,1-2H3. The van der Waals surface area contributed by atoms with Crippen molar-refractivity contribution >= 4 is 28.5 Å². The zero-order chi connectivity index (χ0) is 16.2. The SMILES string of the molecule is COc1cc(SC)ccc1C(=O)Oc1cccc2ccccc12. The lowest BCUT2D eigenvalue weighted by Crippen LogP contribution is -2.10. The Balaban J connectivity index is 1.95. The Morgan fingerprint density at radius 2 is 1.74 bits per heavy atom. The van der Waals surface area contributed by atoms with E-state index in [9.17, 15) is 4.79 Å². The van der Waals surface area contributed by atoms with Gasteiger partial charge in [0.15, 0.2) is 0 Å². The molecule has 23 heavy (non-hydrogen) atoms. The van der Waals surface area contributed by atoms with Crippen LogP contribution in [0.2, 0.25) is 0 Å². The average molecular weight is 324 g/mol. The first-order chi connectivity index (χ1) is 11.2. The van der Waals surface area contributed by atoms with E-state index in [1.807, 2.05) is 54.8 Å². The lowest BCUT2D eigenvalue weighted by atomic mass is 10.1. The predicted molar refractivity (Wildman–Crippen MR) is 93.7 cm³/mol. The van der Waals surface area contributed by atoms with E-state index in [2.05, 4.69) is 0 Å². The molecular weight excluding hydrogens is 308 g/mol. The molecule has 4 heteroatoms. The third-order valence-corrected chi connectivity index (χ3v) is 4.31. The molecule has 3 rings (SSSR count). The van der Waals surface area contributed by atoms with E-state index in [1.54, 1.807) is 31.0 Å². The van der Waals surface area contributed by atoms with Crippen molar-refractivity contribution in [1.29, 1.82) is 0 Å². The van der Waals surface area contributed by atoms with E-state index in [1.165, 1.54) is 0 Å². The monoisotopic (exact) mass is 324 g/mol. The first kappa shape index (κ1) is 15.4. The molecule has 0 saturated heterocycles. The van der Waals surface area contributed by atoms with Crippen molar-refractivity contribution in [3.8, 4) is 11.5 Å². The number of methoxy groups -OCH3 is 1. The molecule has 0 aliphatic rings. The first-order valence-corrected chi connectivity index (χ1v) is 8.37. The summed E-state index contributed by atoms with van der Waals surface area (Å²) in [6, 6.07) is 18.9. The van der Waals surface area contributed by atoms with Gasteiger partial charge in [-0.3, -0.25) is 0 Å². The van der Waals surface area contributed by atoms with Gasteiger partial charge < -0.3 is 9.47 Å². The van der Waals surface area contributed by atoms with Gasteiger partial charge in [-0.05, 0) is 35.9 Å². The highest BCUT2D eigenvalue weighted by Crippen LogP contribution is 2.29. The maximum Gasteiger partial charge on any atom is 0.347 e. The van der Waals surface area contributed by atoms with Crippen molar-refractivity contribution in [2.45, 2.75) is 4.90 Å². The van der Waals surface area contributed by atoms with Crippen molar-refractivity contribution in [3.05, 3.63) is 66.2 Å². The minimum atomic E-state index is -0.425. The van der Waals surface area contributed by atoms with Gasteiger partial charge in [-0.2, -0.15) is 0 Å². The Labute approximate surface area is 139 Å². The van der Waals surface area contributed by atoms with E-state index < -0.39 is 5.97 Å². The lowest BCUT2D eigenvalue weighted by Gasteiger charge is -2.11. The van der Waals surface area contributed by atoms with Crippen LogP contribution < -0.4 is 9.47 Å². The molecule has 0 aromatic heterocycles. The number of ether oxygens (including phenoxy) is 2. The summed E-state index contributed by atoms with van der Waals surface area (Å²) in [4.78, 5) is 13.6. The summed E-state index contributed by atoms with van der Waals surface area (Å²) in [5, 5.41) is 1.94. The number of hydrogen-bond acceptors (Lipinski definition) is 4. The first-order valence-electron chi connectivity index (χ1n) is 7.15. The summed E-state index contributed by atoms with van der Waals surface area (Å²) in [5.74, 6) is 0.636. The molecule has 0 N–H and O–H groups in total. The van der Waals surface area contributed by atoms with Crippen molar-refractivity contribution in [2.24, 2.45) is 0 Å². The third-order valence-electron chi connectivity index (χ3n) is 3.58. The molecule has 0 unspecified atom stereocenters. The van der Waals surface area contributed by atoms with Crippen LogP contribution in [0.25, 0.3) is 10.8 Å². The minimum absolute atomic E-state index is 0.415. The summed E-state index contributed by atoms with van der Waals surface area (Å²) < 4.78 is 10.9. The Bertz CT molecular complexity index is 853. The quantitative estimate of drug-likeness (QED) is 0.393. The number of esters is 1. The van der Waals surface area contributed by atoms with E-state index in [0.29, 0.717) is 17.1 Å². The number of rotatable bonds is 4. The van der Waals surface area contributed by atoms with Gasteiger partial charge in [0.25, 0.3) is 0 Å². The molecule has 0 heterocycles. The van der Waals surface area contributed by atoms with Crippen molar-refractivity contribution in [1.82, 2.24) is 0 Å². The molecule has 116 valence electrons. The predicted octanol–water partition coefficient (Wildman–Crippen LogP) is 4.79. The smallest absolute Gasteiger partial charge is 0.347 e. The summed E-state index contributed by atoms with van der Waals surface area (Å²) in [5.41, 5.74) is 0.415. The fourth-order valence-electron chi connectivity index (χ4n) is 2.41. The molecule has 3 aromatic carbocycles. The van der Waals surface area contributed by atoms with Gasteiger partial charge in [-0.25, -0.2) is 4.79 Å². The van der Waals surface area contributed by atoms with E-state index in [0.717, 1.165) is 15.7 Å². The lowest BCUT2D eigenvalue weighted by molar-refractivity contribution is 0.0733. The number of hydrogen-bond donors (Lipinski definition) is 0. The van der Waals surface area contributed by atoms with Crippen LogP contribution in [0, 0.1) is 0 Å². The Kier molecular flexibility index (Phi) is 4.53. The zero-order valence-electron chi connectivity index (χ0n) is 12.9. The Morgan fingerprint density at radius 1 is 0.957 bits per heavy atom. The molecule has 0 amide bonds. The van der Waals surface area contributed by atoms with Crippen LogP contribution >= 0.6 is 11.8 Å². The second kappa shape index (κ2) is 6.75. The van der Waals surface area contributed by atoms with E-state index in [-0.39, 0.29) is 0 Å². The second-order valence-electron chi connectivity index (χ2n) is 4.93. The van der Waals surface area contributed by atoms with Gasteiger partial charge in [0, 0.05) is 10.3 Å². The third kappa shape index (κ3) is 3.17. The van der Waals surface area contributed by atoms with Gasteiger partial charge in [-0.1, -0.05) is 36.4 Å². The molecule has 0 fully saturated rings. The van der Waals surface area contributed by atoms with Gasteiger partial charge in [0.05, 0.1) is 7.11 Å². The second-order valence-corrected chi connectivity index (χ2v) is 5.81. The fraction of sp³-hybridized carbons (Fsp3) is 0.105. The van der Waals surface area contributed by atoms with Crippen LogP contribution in [0.15, 0.2) is 65.6 Å². The Morgan fingerprint density at radius 3 is 2.52 bits per heavy atom. The van der Waals surface area contributed by atoms with Crippen molar-refractivity contribution in [2.75, 3.05) is 13.4 Å². The van der Waals surface area contributed by atoms with Gasteiger partial charge in [-0.15, -0.1) is 11.8 Å². The Hall–Kier alpha value is -2.46. The van der Waals surface area contributed by atoms with Gasteiger partial charge >= 0.3 is 5.97 Å². The molecule has 3 nitrogen and oxygen atoms in total. The minimum Gasteiger partial charge on any atom is -0.496 e. The van der Waals surface area contributed by atoms with Crippen LogP contribution in [-0.2, 0) is 0 Å². The summed E-state index contributed by atoms with van der Waals surface area (Å²) in [7, 11) is 1.55. The van der Waals surface area contributed by atoms with Crippen LogP contribution in [-0.4, -0.2) is 19.3 Å². The molecule has 0 spiro atoms. The number of benzene rings is 3. The van der Waals surface area contributed by atoms with E-state index >= 15 is 0 Å². The van der Waals surface area contributed by atoms with Crippen LogP contribution in [0.4, 0.5) is 0 Å². The molecule has 0 radical (unpaired) electrons. The summed E-state index contributed by atoms with van der Waals surface area (Å²) in [6.45, 7) is 0. The molecule has 0 aliphatic carbocycles. The highest BCUT2D eigenvalue weighted by atomic mass is 32.2. The van der Waals surface area contributed by atoms with Crippen molar-refractivity contribution < 1.29 is 14.3 Å². The number of fused-ring (bicyclic) bond motifs is 1. The van der Waals surface area contributed by atoms with E-state index in [4.69, 9.17) is 9.47 Å². The van der Waals surface area contributed by atoms with Crippen molar-refractivity contribution in [3.63, 3.8) is 0 Å². The average Bonchev–Trinajstić information content (AvgIpc) is 2.61. The molecule has 0 aliphatic heterocycles. The molecule has 0 bridgehead atoms. The molecule has 3 aromatic rings. The molecule has 0 atom stereocenters. The maximum absolute atomic E-state index is 12.5. The summed E-state index contributed by atoms with van der Waals surface area (Å²) >= 11 is 1.59. The van der Waals surface area contributed by atoms with Crippen LogP contribution in [0.1, 0.15) is 10.4 Å². The number of carbonyl (C=O) groups excluding carboxylic acids is 1. The number of carbonyl (C=O) groups is 1. The van der Waals surface area contributed by atoms with Gasteiger partial charge in [0.2, 0.25) is 0 Å². The highest BCUT2D eigenvalue weighted by Gasteiger charge is 2.16. The normalized spacial score (nSPS) is 10.5. The largest absolute Gasteiger partial charge is 0.496 e. The summed E-state index contributed by atoms with van der Waals surface area (Å²) in [6.07, 6.45) is 1.98. The van der Waals surface area contributed by atoms with Crippen LogP contribution in [0.3, 0.4) is 0 Å². The number of thioether (sulfide) groups is 1. The maximum atomic E-state index is 12.5. The zero-order valence-corrected chi connectivity index (χ0v) is 13.7. The molecule has 0 saturated carbocycles. The highest BCUT2D eigenvalue weighted by molar-refractivity contribution is 7.98. The van der Waals surface area contributed by atoms with Crippen LogP contribution in [0.5, 0.6) is 11.5 Å². The van der Waals surface area contributed by atoms with Gasteiger partial charge in [0.1, 0.15) is 17.1 Å². The topological polar surface area (TPSA) is 35.5 Å². The fourth-order valence-corrected chi connectivity index (χ4v) is 2.84.